The number of hydrogen-bond donors (Lipinski definition) is 2. The van der Waals surface area contributed by atoms with E-state index in [0.717, 1.165) is 4.90 Å². The lowest BCUT2D eigenvalue weighted by Crippen LogP contribution is -2.40. The fourth-order valence-corrected chi connectivity index (χ4v) is 0.838. The van der Waals surface area contributed by atoms with Crippen molar-refractivity contribution in [1.29, 1.82) is 0 Å². The zero-order chi connectivity index (χ0) is 8.43. The molecule has 0 aromatic carbocycles. The molecule has 0 spiro atoms. The number of hydrogen-bond acceptors (Lipinski definition) is 3. The van der Waals surface area contributed by atoms with Crippen LogP contribution < -0.4 is 5.73 Å². The molecule has 11 heavy (non-hydrogen) atoms. The Kier molecular flexibility index (Phi) is 1.91. The smallest absolute Gasteiger partial charge is 0.249 e. The minimum absolute atomic E-state index is 0.243. The molecule has 5 heteroatoms. The summed E-state index contributed by atoms with van der Waals surface area (Å²) in [5.74, 6) is -1.03. The highest BCUT2D eigenvalue weighted by Gasteiger charge is 2.24. The Bertz CT molecular complexity index is 224. The van der Waals surface area contributed by atoms with E-state index in [4.69, 9.17) is 10.8 Å². The van der Waals surface area contributed by atoms with E-state index < -0.39 is 18.0 Å². The van der Waals surface area contributed by atoms with Crippen LogP contribution >= 0.6 is 0 Å². The quantitative estimate of drug-likeness (QED) is 0.494. The molecule has 1 rings (SSSR count). The summed E-state index contributed by atoms with van der Waals surface area (Å²) in [5, 5.41) is 9.02. The van der Waals surface area contributed by atoms with Gasteiger partial charge >= 0.3 is 0 Å². The second-order valence-corrected chi connectivity index (χ2v) is 2.21. The van der Waals surface area contributed by atoms with Gasteiger partial charge in [-0.2, -0.15) is 0 Å². The summed E-state index contributed by atoms with van der Waals surface area (Å²) in [6.07, 6.45) is 1.49. The molecular weight excluding hydrogens is 148 g/mol. The van der Waals surface area contributed by atoms with Gasteiger partial charge in [0, 0.05) is 6.08 Å². The summed E-state index contributed by atoms with van der Waals surface area (Å²) >= 11 is 0. The number of amides is 2. The van der Waals surface area contributed by atoms with E-state index in [1.165, 1.54) is 12.2 Å². The Morgan fingerprint density at radius 1 is 1.82 bits per heavy atom. The van der Waals surface area contributed by atoms with E-state index in [9.17, 15) is 9.59 Å². The first kappa shape index (κ1) is 7.74. The molecule has 0 saturated heterocycles. The zero-order valence-electron chi connectivity index (χ0n) is 5.73. The number of aliphatic hydroxyl groups excluding tert-OH is 1. The van der Waals surface area contributed by atoms with Crippen LogP contribution in [0.4, 0.5) is 0 Å². The highest BCUT2D eigenvalue weighted by Crippen LogP contribution is 2.06. The maximum absolute atomic E-state index is 10.8. The molecule has 0 bridgehead atoms. The van der Waals surface area contributed by atoms with Crippen molar-refractivity contribution in [2.45, 2.75) is 6.23 Å². The predicted octanol–water partition coefficient (Wildman–Crippen LogP) is -1.81. The van der Waals surface area contributed by atoms with Gasteiger partial charge in [0.05, 0.1) is 0 Å². The molecule has 0 aromatic heterocycles. The molecule has 1 heterocycles. The largest absolute Gasteiger partial charge is 0.370 e. The maximum atomic E-state index is 10.8. The van der Waals surface area contributed by atoms with E-state index in [2.05, 4.69) is 0 Å². The minimum Gasteiger partial charge on any atom is -0.370 e. The Balaban J connectivity index is 2.59. The van der Waals surface area contributed by atoms with Crippen LogP contribution in [0.5, 0.6) is 0 Å². The van der Waals surface area contributed by atoms with E-state index in [1.807, 2.05) is 0 Å². The Morgan fingerprint density at radius 3 is 2.82 bits per heavy atom. The molecule has 0 radical (unpaired) electrons. The van der Waals surface area contributed by atoms with Gasteiger partial charge in [-0.1, -0.05) is 0 Å². The van der Waals surface area contributed by atoms with Crippen molar-refractivity contribution in [1.82, 2.24) is 4.90 Å². The summed E-state index contributed by atoms with van der Waals surface area (Å²) in [7, 11) is 0. The minimum atomic E-state index is -1.00. The van der Waals surface area contributed by atoms with Gasteiger partial charge in [-0.25, -0.2) is 0 Å². The van der Waals surface area contributed by atoms with Gasteiger partial charge in [0.25, 0.3) is 0 Å². The van der Waals surface area contributed by atoms with Crippen LogP contribution in [0.2, 0.25) is 0 Å². The number of nitrogens with two attached hydrogens (primary N) is 1. The lowest BCUT2D eigenvalue weighted by molar-refractivity contribution is -0.136. The number of primary amides is 1. The van der Waals surface area contributed by atoms with Crippen molar-refractivity contribution in [2.75, 3.05) is 6.54 Å². The highest BCUT2D eigenvalue weighted by atomic mass is 16.3. The van der Waals surface area contributed by atoms with E-state index in [1.54, 1.807) is 0 Å². The monoisotopic (exact) mass is 156 g/mol. The van der Waals surface area contributed by atoms with E-state index >= 15 is 0 Å². The first-order valence-corrected chi connectivity index (χ1v) is 3.06. The van der Waals surface area contributed by atoms with Gasteiger partial charge in [-0.15, -0.1) is 0 Å². The average molecular weight is 156 g/mol. The van der Waals surface area contributed by atoms with Crippen LogP contribution in [-0.2, 0) is 9.59 Å². The van der Waals surface area contributed by atoms with E-state index in [0.29, 0.717) is 0 Å². The molecule has 1 atom stereocenters. The summed E-state index contributed by atoms with van der Waals surface area (Å²) in [6.45, 7) is -0.243. The molecule has 3 N–H and O–H groups in total. The van der Waals surface area contributed by atoms with Crippen LogP contribution in [0.1, 0.15) is 0 Å². The van der Waals surface area contributed by atoms with Gasteiger partial charge in [0.15, 0.2) is 0 Å². The average Bonchev–Trinajstić information content (AvgIpc) is 2.18. The van der Waals surface area contributed by atoms with Gasteiger partial charge in [-0.05, 0) is 6.08 Å². The number of nitrogens with zero attached hydrogens (tertiary/aromatic N) is 1. The van der Waals surface area contributed by atoms with Gasteiger partial charge in [0.2, 0.25) is 11.8 Å². The van der Waals surface area contributed by atoms with Crippen LogP contribution in [-0.4, -0.2) is 34.6 Å². The van der Waals surface area contributed by atoms with Crippen LogP contribution in [0, 0.1) is 0 Å². The molecule has 1 aliphatic rings. The summed E-state index contributed by atoms with van der Waals surface area (Å²) in [6, 6.07) is 0. The molecule has 60 valence electrons. The highest BCUT2D eigenvalue weighted by molar-refractivity contribution is 5.93. The molecule has 2 amide bonds. The lowest BCUT2D eigenvalue weighted by Gasteiger charge is -2.17. The third kappa shape index (κ3) is 1.56. The van der Waals surface area contributed by atoms with Crippen LogP contribution in [0.3, 0.4) is 0 Å². The second kappa shape index (κ2) is 2.71. The van der Waals surface area contributed by atoms with Crippen LogP contribution in [0.15, 0.2) is 12.2 Å². The number of rotatable bonds is 2. The summed E-state index contributed by atoms with van der Waals surface area (Å²) in [5.41, 5.74) is 4.82. The molecule has 0 saturated carbocycles. The van der Waals surface area contributed by atoms with Crippen molar-refractivity contribution in [3.05, 3.63) is 12.2 Å². The summed E-state index contributed by atoms with van der Waals surface area (Å²) < 4.78 is 0. The first-order valence-electron chi connectivity index (χ1n) is 3.06. The fourth-order valence-electron chi connectivity index (χ4n) is 0.838. The summed E-state index contributed by atoms with van der Waals surface area (Å²) in [4.78, 5) is 22.1. The molecule has 0 fully saturated rings. The predicted molar refractivity (Wildman–Crippen MR) is 36.1 cm³/mol. The zero-order valence-corrected chi connectivity index (χ0v) is 5.73. The topological polar surface area (TPSA) is 83.6 Å². The maximum Gasteiger partial charge on any atom is 0.249 e. The number of aliphatic hydroxyl groups is 1. The lowest BCUT2D eigenvalue weighted by atomic mass is 10.5. The van der Waals surface area contributed by atoms with Crippen molar-refractivity contribution in [3.63, 3.8) is 0 Å². The van der Waals surface area contributed by atoms with E-state index in [-0.39, 0.29) is 6.54 Å². The first-order chi connectivity index (χ1) is 5.11. The molecule has 5 nitrogen and oxygen atoms in total. The molecule has 0 aliphatic carbocycles. The van der Waals surface area contributed by atoms with Gasteiger partial charge in [-0.3, -0.25) is 9.59 Å². The van der Waals surface area contributed by atoms with Crippen molar-refractivity contribution >= 4 is 11.8 Å². The number of carbonyl (C=O) groups is 2. The second-order valence-electron chi connectivity index (χ2n) is 2.21. The van der Waals surface area contributed by atoms with Crippen molar-refractivity contribution < 1.29 is 14.7 Å². The molecule has 1 aliphatic heterocycles. The van der Waals surface area contributed by atoms with Gasteiger partial charge in [0.1, 0.15) is 12.8 Å². The standard InChI is InChI=1S/C6H8N2O3/c7-4(9)3-8-5(10)1-2-6(8)11/h1-2,5,10H,3H2,(H2,7,9). The third-order valence-corrected chi connectivity index (χ3v) is 1.34. The Morgan fingerprint density at radius 2 is 2.45 bits per heavy atom. The molecule has 1 unspecified atom stereocenters. The Labute approximate surface area is 63.1 Å². The fraction of sp³-hybridized carbons (Fsp3) is 0.333. The molecular formula is C6H8N2O3. The van der Waals surface area contributed by atoms with Gasteiger partial charge < -0.3 is 15.7 Å². The Hall–Kier alpha value is -1.36. The SMILES string of the molecule is NC(=O)CN1C(=O)C=CC1O. The van der Waals surface area contributed by atoms with Crippen molar-refractivity contribution in [2.24, 2.45) is 5.73 Å². The molecule has 0 aromatic rings. The van der Waals surface area contributed by atoms with Crippen molar-refractivity contribution in [3.8, 4) is 0 Å². The normalized spacial score (nSPS) is 22.8. The number of carbonyl (C=O) groups excluding carboxylic acids is 2. The van der Waals surface area contributed by atoms with Crippen LogP contribution in [0.25, 0.3) is 0 Å². The third-order valence-electron chi connectivity index (χ3n) is 1.34.